The molecule has 0 saturated carbocycles. The van der Waals surface area contributed by atoms with Crippen molar-refractivity contribution in [1.29, 1.82) is 0 Å². The molecule has 1 aliphatic rings. The van der Waals surface area contributed by atoms with Gasteiger partial charge in [-0.3, -0.25) is 4.98 Å². The lowest BCUT2D eigenvalue weighted by Crippen LogP contribution is -2.40. The van der Waals surface area contributed by atoms with E-state index in [0.717, 1.165) is 32.6 Å². The Labute approximate surface area is 135 Å². The van der Waals surface area contributed by atoms with Crippen molar-refractivity contribution in [3.63, 3.8) is 0 Å². The first kappa shape index (κ1) is 15.3. The quantitative estimate of drug-likeness (QED) is 0.936. The van der Waals surface area contributed by atoms with Crippen molar-refractivity contribution >= 4 is 17.4 Å². The third-order valence-corrected chi connectivity index (χ3v) is 4.56. The summed E-state index contributed by atoms with van der Waals surface area (Å²) in [5.41, 5.74) is 2.78. The molecule has 1 saturated heterocycles. The topological polar surface area (TPSA) is 47.0 Å². The summed E-state index contributed by atoms with van der Waals surface area (Å²) in [6.07, 6.45) is 5.24. The Bertz CT molecular complexity index is 641. The second-order valence-corrected chi connectivity index (χ2v) is 6.18. The van der Waals surface area contributed by atoms with Gasteiger partial charge in [-0.1, -0.05) is 35.9 Å². The number of aromatic nitrogens is 2. The Balaban J connectivity index is 1.85. The molecular formula is C17H20ClN3O. The van der Waals surface area contributed by atoms with Crippen LogP contribution in [0.25, 0.3) is 0 Å². The molecule has 0 radical (unpaired) electrons. The van der Waals surface area contributed by atoms with Crippen LogP contribution in [0, 0.1) is 6.92 Å². The van der Waals surface area contributed by atoms with Gasteiger partial charge in [0, 0.05) is 25.2 Å². The molecule has 0 unspecified atom stereocenters. The number of ether oxygens (including phenoxy) is 1. The highest BCUT2D eigenvalue weighted by atomic mass is 35.5. The van der Waals surface area contributed by atoms with Gasteiger partial charge in [-0.15, -0.1) is 0 Å². The van der Waals surface area contributed by atoms with Crippen LogP contribution in [0.4, 0.5) is 5.82 Å². The number of anilines is 1. The molecule has 2 aromatic rings. The summed E-state index contributed by atoms with van der Waals surface area (Å²) in [6.45, 7) is 4.55. The molecule has 5 heteroatoms. The van der Waals surface area contributed by atoms with Gasteiger partial charge < -0.3 is 10.1 Å². The molecule has 0 aliphatic carbocycles. The fraction of sp³-hybridized carbons (Fsp3) is 0.412. The molecule has 22 heavy (non-hydrogen) atoms. The van der Waals surface area contributed by atoms with Gasteiger partial charge in [0.2, 0.25) is 0 Å². The molecule has 0 atom stereocenters. The number of rotatable bonds is 4. The van der Waals surface area contributed by atoms with Crippen LogP contribution in [0.3, 0.4) is 0 Å². The lowest BCUT2D eigenvalue weighted by Gasteiger charge is -2.39. The van der Waals surface area contributed by atoms with Gasteiger partial charge in [0.1, 0.15) is 11.0 Å². The van der Waals surface area contributed by atoms with Crippen LogP contribution in [-0.2, 0) is 10.2 Å². The number of aryl methyl sites for hydroxylation is 1. The van der Waals surface area contributed by atoms with Crippen molar-refractivity contribution in [3.05, 3.63) is 52.9 Å². The van der Waals surface area contributed by atoms with Crippen molar-refractivity contribution in [2.45, 2.75) is 25.2 Å². The summed E-state index contributed by atoms with van der Waals surface area (Å²) in [5, 5.41) is 3.81. The zero-order valence-electron chi connectivity index (χ0n) is 12.7. The summed E-state index contributed by atoms with van der Waals surface area (Å²) >= 11 is 5.91. The molecule has 1 aliphatic heterocycles. The summed E-state index contributed by atoms with van der Waals surface area (Å²) in [5.74, 6) is 0.715. The van der Waals surface area contributed by atoms with Crippen molar-refractivity contribution in [3.8, 4) is 0 Å². The van der Waals surface area contributed by atoms with Gasteiger partial charge >= 0.3 is 0 Å². The molecular weight excluding hydrogens is 298 g/mol. The van der Waals surface area contributed by atoms with Gasteiger partial charge in [-0.2, -0.15) is 0 Å². The van der Waals surface area contributed by atoms with Gasteiger partial charge in [0.25, 0.3) is 0 Å². The highest BCUT2D eigenvalue weighted by molar-refractivity contribution is 6.29. The number of halogens is 1. The third-order valence-electron chi connectivity index (χ3n) is 4.38. The van der Waals surface area contributed by atoms with E-state index in [1.807, 2.05) is 0 Å². The largest absolute Gasteiger partial charge is 0.381 e. The molecule has 4 nitrogen and oxygen atoms in total. The predicted molar refractivity (Wildman–Crippen MR) is 88.4 cm³/mol. The summed E-state index contributed by atoms with van der Waals surface area (Å²) < 4.78 is 5.58. The van der Waals surface area contributed by atoms with Crippen LogP contribution < -0.4 is 5.32 Å². The van der Waals surface area contributed by atoms with Gasteiger partial charge in [0.05, 0.1) is 12.4 Å². The SMILES string of the molecule is Cc1ccccc1C1(CNc2cncc(Cl)n2)CCOCC1. The van der Waals surface area contributed by atoms with E-state index >= 15 is 0 Å². The molecule has 1 N–H and O–H groups in total. The van der Waals surface area contributed by atoms with Crippen LogP contribution >= 0.6 is 11.6 Å². The average molecular weight is 318 g/mol. The van der Waals surface area contributed by atoms with E-state index < -0.39 is 0 Å². The third kappa shape index (κ3) is 3.23. The van der Waals surface area contributed by atoms with Gasteiger partial charge in [-0.05, 0) is 30.9 Å². The van der Waals surface area contributed by atoms with Crippen LogP contribution in [0.1, 0.15) is 24.0 Å². The lowest BCUT2D eigenvalue weighted by molar-refractivity contribution is 0.0541. The Kier molecular flexibility index (Phi) is 4.60. The van der Waals surface area contributed by atoms with Crippen molar-refractivity contribution in [2.75, 3.05) is 25.1 Å². The first-order valence-corrected chi connectivity index (χ1v) is 7.93. The minimum absolute atomic E-state index is 0.0631. The predicted octanol–water partition coefficient (Wildman–Crippen LogP) is 3.60. The van der Waals surface area contributed by atoms with E-state index in [1.54, 1.807) is 6.20 Å². The monoisotopic (exact) mass is 317 g/mol. The van der Waals surface area contributed by atoms with Gasteiger partial charge in [-0.25, -0.2) is 4.98 Å². The minimum Gasteiger partial charge on any atom is -0.381 e. The van der Waals surface area contributed by atoms with Crippen LogP contribution in [0.2, 0.25) is 5.15 Å². The highest BCUT2D eigenvalue weighted by Crippen LogP contribution is 2.36. The van der Waals surface area contributed by atoms with Crippen LogP contribution in [0.15, 0.2) is 36.7 Å². The molecule has 116 valence electrons. The second kappa shape index (κ2) is 6.63. The van der Waals surface area contributed by atoms with E-state index in [-0.39, 0.29) is 5.41 Å². The summed E-state index contributed by atoms with van der Waals surface area (Å²) in [4.78, 5) is 8.34. The smallest absolute Gasteiger partial charge is 0.149 e. The minimum atomic E-state index is 0.0631. The maximum absolute atomic E-state index is 5.91. The molecule has 0 spiro atoms. The van der Waals surface area contributed by atoms with E-state index in [0.29, 0.717) is 11.0 Å². The number of benzene rings is 1. The molecule has 1 fully saturated rings. The van der Waals surface area contributed by atoms with E-state index in [4.69, 9.17) is 16.3 Å². The van der Waals surface area contributed by atoms with E-state index in [1.165, 1.54) is 17.3 Å². The molecule has 0 bridgehead atoms. The number of hydrogen-bond donors (Lipinski definition) is 1. The average Bonchev–Trinajstić information content (AvgIpc) is 2.54. The second-order valence-electron chi connectivity index (χ2n) is 5.79. The molecule has 0 amide bonds. The van der Waals surface area contributed by atoms with E-state index in [2.05, 4.69) is 46.5 Å². The van der Waals surface area contributed by atoms with Crippen molar-refractivity contribution < 1.29 is 4.74 Å². The highest BCUT2D eigenvalue weighted by Gasteiger charge is 2.35. The fourth-order valence-corrected chi connectivity index (χ4v) is 3.31. The molecule has 1 aromatic carbocycles. The normalized spacial score (nSPS) is 17.2. The fourth-order valence-electron chi connectivity index (χ4n) is 3.16. The number of nitrogens with one attached hydrogen (secondary N) is 1. The first-order valence-electron chi connectivity index (χ1n) is 7.55. The Morgan fingerprint density at radius 3 is 2.73 bits per heavy atom. The summed E-state index contributed by atoms with van der Waals surface area (Å²) in [7, 11) is 0. The van der Waals surface area contributed by atoms with E-state index in [9.17, 15) is 0 Å². The zero-order valence-corrected chi connectivity index (χ0v) is 13.4. The van der Waals surface area contributed by atoms with Crippen molar-refractivity contribution in [1.82, 2.24) is 9.97 Å². The Morgan fingerprint density at radius 1 is 1.23 bits per heavy atom. The van der Waals surface area contributed by atoms with Crippen LogP contribution in [-0.4, -0.2) is 29.7 Å². The maximum Gasteiger partial charge on any atom is 0.149 e. The lowest BCUT2D eigenvalue weighted by atomic mass is 9.72. The Morgan fingerprint density at radius 2 is 2.00 bits per heavy atom. The standard InChI is InChI=1S/C17H20ClN3O/c1-13-4-2-3-5-14(13)17(6-8-22-9-7-17)12-20-16-11-19-10-15(18)21-16/h2-5,10-11H,6-9,12H2,1H3,(H,20,21). The van der Waals surface area contributed by atoms with Crippen molar-refractivity contribution in [2.24, 2.45) is 0 Å². The number of nitrogens with zero attached hydrogens (tertiary/aromatic N) is 2. The zero-order chi connectivity index (χ0) is 15.4. The first-order chi connectivity index (χ1) is 10.7. The maximum atomic E-state index is 5.91. The molecule has 3 rings (SSSR count). The molecule has 2 heterocycles. The molecule has 1 aromatic heterocycles. The summed E-state index contributed by atoms with van der Waals surface area (Å²) in [6, 6.07) is 8.60. The van der Waals surface area contributed by atoms with Gasteiger partial charge in [0.15, 0.2) is 0 Å². The number of hydrogen-bond acceptors (Lipinski definition) is 4. The van der Waals surface area contributed by atoms with Crippen LogP contribution in [0.5, 0.6) is 0 Å². The Hall–Kier alpha value is -1.65.